The molecule has 0 unspecified atom stereocenters. The third-order valence-electron chi connectivity index (χ3n) is 2.81. The van der Waals surface area contributed by atoms with Gasteiger partial charge in [0.2, 0.25) is 0 Å². The molecule has 0 saturated heterocycles. The van der Waals surface area contributed by atoms with E-state index in [2.05, 4.69) is 6.58 Å². The van der Waals surface area contributed by atoms with Crippen LogP contribution in [0.1, 0.15) is 26.3 Å². The van der Waals surface area contributed by atoms with Crippen molar-refractivity contribution in [3.05, 3.63) is 96.3 Å². The Morgan fingerprint density at radius 1 is 0.857 bits per heavy atom. The van der Waals surface area contributed by atoms with Gasteiger partial charge in [-0.2, -0.15) is 0 Å². The van der Waals surface area contributed by atoms with Crippen LogP contribution in [0.15, 0.2) is 79.6 Å². The van der Waals surface area contributed by atoms with E-state index in [1.807, 2.05) is 18.2 Å². The quantitative estimate of drug-likeness (QED) is 0.362. The minimum atomic E-state index is -0.480. The van der Waals surface area contributed by atoms with E-state index in [1.54, 1.807) is 36.4 Å². The maximum Gasteiger partial charge on any atom is 0.342 e. The monoisotopic (exact) mass is 278 g/mol. The Morgan fingerprint density at radius 3 is 2.05 bits per heavy atom. The van der Waals surface area contributed by atoms with Crippen LogP contribution < -0.4 is 0 Å². The first-order chi connectivity index (χ1) is 10.2. The lowest BCUT2D eigenvalue weighted by Crippen LogP contribution is -2.04. The molecule has 2 aromatic carbocycles. The van der Waals surface area contributed by atoms with Crippen molar-refractivity contribution < 1.29 is 14.3 Å². The van der Waals surface area contributed by atoms with Gasteiger partial charge in [-0.15, -0.1) is 0 Å². The second kappa shape index (κ2) is 7.01. The topological polar surface area (TPSA) is 43.4 Å². The summed E-state index contributed by atoms with van der Waals surface area (Å²) in [6.45, 7) is 3.47. The van der Waals surface area contributed by atoms with Crippen LogP contribution in [0.25, 0.3) is 0 Å². The molecule has 0 saturated carbocycles. The highest BCUT2D eigenvalue weighted by Crippen LogP contribution is 2.11. The fraction of sp³-hybridized carbons (Fsp3) is 0. The number of hydrogen-bond donors (Lipinski definition) is 0. The highest BCUT2D eigenvalue weighted by molar-refractivity contribution is 6.09. The van der Waals surface area contributed by atoms with Crippen molar-refractivity contribution >= 4 is 11.8 Å². The van der Waals surface area contributed by atoms with Crippen molar-refractivity contribution in [1.29, 1.82) is 0 Å². The minimum Gasteiger partial charge on any atom is -0.431 e. The maximum absolute atomic E-state index is 12.2. The van der Waals surface area contributed by atoms with E-state index in [1.165, 1.54) is 18.4 Å². The minimum absolute atomic E-state index is 0.0814. The molecule has 21 heavy (non-hydrogen) atoms. The van der Waals surface area contributed by atoms with Gasteiger partial charge in [0.1, 0.15) is 0 Å². The van der Waals surface area contributed by atoms with Crippen LogP contribution in [0.4, 0.5) is 0 Å². The van der Waals surface area contributed by atoms with Crippen molar-refractivity contribution in [3.8, 4) is 0 Å². The Labute approximate surface area is 123 Å². The molecule has 2 aromatic rings. The highest BCUT2D eigenvalue weighted by atomic mass is 16.5. The van der Waals surface area contributed by atoms with Gasteiger partial charge in [0.05, 0.1) is 11.8 Å². The van der Waals surface area contributed by atoms with E-state index < -0.39 is 5.97 Å². The molecule has 0 atom stereocenters. The van der Waals surface area contributed by atoms with Gasteiger partial charge in [-0.1, -0.05) is 55.1 Å². The zero-order chi connectivity index (χ0) is 15.1. The molecule has 0 radical (unpaired) electrons. The number of carbonyl (C=O) groups is 2. The van der Waals surface area contributed by atoms with Crippen LogP contribution in [0.2, 0.25) is 0 Å². The van der Waals surface area contributed by atoms with Crippen LogP contribution in [-0.2, 0) is 4.74 Å². The van der Waals surface area contributed by atoms with E-state index in [0.29, 0.717) is 16.7 Å². The Morgan fingerprint density at radius 2 is 1.43 bits per heavy atom. The number of ether oxygens (including phenoxy) is 1. The number of esters is 1. The van der Waals surface area contributed by atoms with Gasteiger partial charge < -0.3 is 4.74 Å². The van der Waals surface area contributed by atoms with E-state index in [9.17, 15) is 9.59 Å². The molecule has 0 amide bonds. The van der Waals surface area contributed by atoms with E-state index in [0.717, 1.165) is 0 Å². The van der Waals surface area contributed by atoms with Crippen LogP contribution in [0.3, 0.4) is 0 Å². The molecule has 0 bridgehead atoms. The lowest BCUT2D eigenvalue weighted by molar-refractivity contribution is 0.0662. The molecular weight excluding hydrogens is 264 g/mol. The van der Waals surface area contributed by atoms with Crippen molar-refractivity contribution in [2.75, 3.05) is 0 Å². The zero-order valence-corrected chi connectivity index (χ0v) is 11.4. The number of rotatable bonds is 5. The normalized spacial score (nSPS) is 10.3. The van der Waals surface area contributed by atoms with Crippen LogP contribution >= 0.6 is 0 Å². The fourth-order valence-corrected chi connectivity index (χ4v) is 1.74. The third-order valence-corrected chi connectivity index (χ3v) is 2.81. The molecule has 0 spiro atoms. The lowest BCUT2D eigenvalue weighted by atomic mass is 10.0. The number of allylic oxidation sites excluding steroid dienone is 2. The van der Waals surface area contributed by atoms with Gasteiger partial charge in [-0.3, -0.25) is 4.79 Å². The summed E-state index contributed by atoms with van der Waals surface area (Å²) in [6, 6.07) is 15.4. The van der Waals surface area contributed by atoms with E-state index in [-0.39, 0.29) is 5.78 Å². The standard InChI is InChI=1S/C18H14O3/c1-2-3-13-21-18(20)16-11-9-15(10-12-16)17(19)14-7-5-4-6-8-14/h2-13H,1H2/b13-3+. The lowest BCUT2D eigenvalue weighted by Gasteiger charge is -2.03. The third kappa shape index (κ3) is 3.76. The number of benzene rings is 2. The fourth-order valence-electron chi connectivity index (χ4n) is 1.74. The molecule has 0 aromatic heterocycles. The number of hydrogen-bond acceptors (Lipinski definition) is 3. The maximum atomic E-state index is 12.2. The molecule has 0 heterocycles. The second-order valence-electron chi connectivity index (χ2n) is 4.24. The summed E-state index contributed by atoms with van der Waals surface area (Å²) in [5.74, 6) is -0.561. The molecule has 3 nitrogen and oxygen atoms in total. The number of ketones is 1. The van der Waals surface area contributed by atoms with Crippen LogP contribution in [0.5, 0.6) is 0 Å². The molecule has 2 rings (SSSR count). The van der Waals surface area contributed by atoms with Gasteiger partial charge >= 0.3 is 5.97 Å². The molecular formula is C18H14O3. The van der Waals surface area contributed by atoms with Crippen LogP contribution in [0, 0.1) is 0 Å². The smallest absolute Gasteiger partial charge is 0.342 e. The zero-order valence-electron chi connectivity index (χ0n) is 11.4. The Bertz CT molecular complexity index is 667. The second-order valence-corrected chi connectivity index (χ2v) is 4.24. The van der Waals surface area contributed by atoms with Crippen molar-refractivity contribution in [2.24, 2.45) is 0 Å². The molecule has 0 aliphatic carbocycles. The summed E-state index contributed by atoms with van der Waals surface area (Å²) >= 11 is 0. The molecule has 0 fully saturated rings. The summed E-state index contributed by atoms with van der Waals surface area (Å²) in [5, 5.41) is 0. The van der Waals surface area contributed by atoms with Gasteiger partial charge in [0.15, 0.2) is 5.78 Å². The highest BCUT2D eigenvalue weighted by Gasteiger charge is 2.10. The van der Waals surface area contributed by atoms with E-state index >= 15 is 0 Å². The first kappa shape index (κ1) is 14.5. The molecule has 0 aliphatic heterocycles. The molecule has 3 heteroatoms. The van der Waals surface area contributed by atoms with Crippen molar-refractivity contribution in [3.63, 3.8) is 0 Å². The van der Waals surface area contributed by atoms with E-state index in [4.69, 9.17) is 4.74 Å². The van der Waals surface area contributed by atoms with Crippen molar-refractivity contribution in [2.45, 2.75) is 0 Å². The molecule has 0 aliphatic rings. The first-order valence-electron chi connectivity index (χ1n) is 6.41. The molecule has 0 N–H and O–H groups in total. The van der Waals surface area contributed by atoms with Crippen molar-refractivity contribution in [1.82, 2.24) is 0 Å². The van der Waals surface area contributed by atoms with Crippen LogP contribution in [-0.4, -0.2) is 11.8 Å². The predicted octanol–water partition coefficient (Wildman–Crippen LogP) is 3.77. The molecule has 104 valence electrons. The van der Waals surface area contributed by atoms with Gasteiger partial charge in [-0.25, -0.2) is 4.79 Å². The summed E-state index contributed by atoms with van der Waals surface area (Å²) in [7, 11) is 0. The summed E-state index contributed by atoms with van der Waals surface area (Å²) in [6.07, 6.45) is 4.29. The summed E-state index contributed by atoms with van der Waals surface area (Å²) < 4.78 is 4.88. The first-order valence-corrected chi connectivity index (χ1v) is 6.41. The van der Waals surface area contributed by atoms with Gasteiger partial charge in [0.25, 0.3) is 0 Å². The average Bonchev–Trinajstić information content (AvgIpc) is 2.55. The Kier molecular flexibility index (Phi) is 4.83. The van der Waals surface area contributed by atoms with Gasteiger partial charge in [0, 0.05) is 11.1 Å². The number of carbonyl (C=O) groups excluding carboxylic acids is 2. The Hall–Kier alpha value is -2.94. The summed E-state index contributed by atoms with van der Waals surface area (Å²) in [5.41, 5.74) is 1.52. The van der Waals surface area contributed by atoms with Gasteiger partial charge in [-0.05, 0) is 18.2 Å². The predicted molar refractivity (Wildman–Crippen MR) is 81.1 cm³/mol. The Balaban J connectivity index is 2.12. The average molecular weight is 278 g/mol. The summed E-state index contributed by atoms with van der Waals surface area (Å²) in [4.78, 5) is 23.9. The largest absolute Gasteiger partial charge is 0.431 e. The SMILES string of the molecule is C=C/C=C/OC(=O)c1ccc(C(=O)c2ccccc2)cc1.